The minimum absolute atomic E-state index is 0.175. The van der Waals surface area contributed by atoms with E-state index in [2.05, 4.69) is 10.3 Å². The summed E-state index contributed by atoms with van der Waals surface area (Å²) in [5.41, 5.74) is 0.803. The first-order valence-electron chi connectivity index (χ1n) is 9.21. The zero-order chi connectivity index (χ0) is 19.7. The van der Waals surface area contributed by atoms with E-state index in [-0.39, 0.29) is 23.0 Å². The van der Waals surface area contributed by atoms with E-state index in [0.29, 0.717) is 47.4 Å². The van der Waals surface area contributed by atoms with Crippen molar-refractivity contribution in [1.82, 2.24) is 19.6 Å². The molecule has 2 amide bonds. The van der Waals surface area contributed by atoms with Crippen LogP contribution < -0.4 is 10.9 Å². The van der Waals surface area contributed by atoms with Crippen molar-refractivity contribution in [3.63, 3.8) is 0 Å². The van der Waals surface area contributed by atoms with Crippen molar-refractivity contribution < 1.29 is 9.59 Å². The number of hydrogen-bond acceptors (Lipinski definition) is 4. The molecule has 4 rings (SSSR count). The quantitative estimate of drug-likeness (QED) is 0.527. The number of fused-ring (bicyclic) bond motifs is 2. The van der Waals surface area contributed by atoms with Crippen LogP contribution >= 0.6 is 11.6 Å². The number of nitrogens with one attached hydrogen (secondary N) is 1. The molecule has 1 aromatic carbocycles. The van der Waals surface area contributed by atoms with Crippen molar-refractivity contribution in [1.29, 1.82) is 0 Å². The van der Waals surface area contributed by atoms with E-state index >= 15 is 0 Å². The van der Waals surface area contributed by atoms with E-state index in [4.69, 9.17) is 11.6 Å². The van der Waals surface area contributed by atoms with Crippen LogP contribution in [0.4, 0.5) is 0 Å². The SMILES string of the molecule is O=C(NCCCN1CCCC1=O)c1cccn2c(=O)c3ccc(Cl)cc3nc12. The Kier molecular flexibility index (Phi) is 5.00. The normalized spacial score (nSPS) is 14.2. The van der Waals surface area contributed by atoms with Gasteiger partial charge in [0.2, 0.25) is 5.91 Å². The molecule has 144 valence electrons. The topological polar surface area (TPSA) is 83.8 Å². The van der Waals surface area contributed by atoms with Crippen LogP contribution in [0.25, 0.3) is 16.6 Å². The van der Waals surface area contributed by atoms with Crippen molar-refractivity contribution in [2.24, 2.45) is 0 Å². The summed E-state index contributed by atoms with van der Waals surface area (Å²) in [7, 11) is 0. The number of carbonyl (C=O) groups excluding carboxylic acids is 2. The summed E-state index contributed by atoms with van der Waals surface area (Å²) < 4.78 is 1.37. The van der Waals surface area contributed by atoms with Crippen molar-refractivity contribution in [2.75, 3.05) is 19.6 Å². The van der Waals surface area contributed by atoms with Crippen LogP contribution in [0.3, 0.4) is 0 Å². The summed E-state index contributed by atoms with van der Waals surface area (Å²) in [6.45, 7) is 1.86. The maximum absolute atomic E-state index is 12.7. The Morgan fingerprint density at radius 3 is 2.89 bits per heavy atom. The first kappa shape index (κ1) is 18.4. The third kappa shape index (κ3) is 3.45. The van der Waals surface area contributed by atoms with Gasteiger partial charge >= 0.3 is 0 Å². The molecular weight excluding hydrogens is 380 g/mol. The lowest BCUT2D eigenvalue weighted by Crippen LogP contribution is -2.31. The summed E-state index contributed by atoms with van der Waals surface area (Å²) in [6, 6.07) is 8.17. The number of benzene rings is 1. The number of halogens is 1. The summed E-state index contributed by atoms with van der Waals surface area (Å²) >= 11 is 6.02. The molecule has 2 aromatic heterocycles. The Bertz CT molecular complexity index is 1140. The lowest BCUT2D eigenvalue weighted by molar-refractivity contribution is -0.127. The number of nitrogens with zero attached hydrogens (tertiary/aromatic N) is 3. The minimum Gasteiger partial charge on any atom is -0.352 e. The molecule has 3 aromatic rings. The third-order valence-corrected chi connectivity index (χ3v) is 5.14. The minimum atomic E-state index is -0.306. The molecule has 1 N–H and O–H groups in total. The molecule has 8 heteroatoms. The summed E-state index contributed by atoms with van der Waals surface area (Å²) in [6.07, 6.45) is 3.78. The first-order chi connectivity index (χ1) is 13.5. The number of likely N-dealkylation sites (tertiary alicyclic amines) is 1. The number of rotatable bonds is 5. The molecule has 7 nitrogen and oxygen atoms in total. The van der Waals surface area contributed by atoms with Crippen LogP contribution in [-0.4, -0.2) is 45.7 Å². The molecule has 0 spiro atoms. The highest BCUT2D eigenvalue weighted by atomic mass is 35.5. The van der Waals surface area contributed by atoms with E-state index < -0.39 is 0 Å². The molecule has 0 aliphatic carbocycles. The van der Waals surface area contributed by atoms with E-state index in [1.807, 2.05) is 4.90 Å². The van der Waals surface area contributed by atoms with Crippen LogP contribution in [0.2, 0.25) is 5.02 Å². The van der Waals surface area contributed by atoms with Gasteiger partial charge in [0.25, 0.3) is 11.5 Å². The van der Waals surface area contributed by atoms with E-state index in [0.717, 1.165) is 13.0 Å². The molecule has 1 aliphatic rings. The van der Waals surface area contributed by atoms with Gasteiger partial charge in [-0.2, -0.15) is 0 Å². The number of hydrogen-bond donors (Lipinski definition) is 1. The fraction of sp³-hybridized carbons (Fsp3) is 0.300. The molecule has 0 saturated carbocycles. The van der Waals surface area contributed by atoms with Crippen molar-refractivity contribution in [3.05, 3.63) is 57.5 Å². The third-order valence-electron chi connectivity index (χ3n) is 4.91. The average Bonchev–Trinajstić information content (AvgIpc) is 3.09. The number of amides is 2. The maximum atomic E-state index is 12.7. The molecule has 0 unspecified atom stereocenters. The molecule has 28 heavy (non-hydrogen) atoms. The predicted molar refractivity (Wildman–Crippen MR) is 107 cm³/mol. The molecule has 0 atom stereocenters. The Balaban J connectivity index is 1.56. The van der Waals surface area contributed by atoms with E-state index in [1.165, 1.54) is 4.40 Å². The summed E-state index contributed by atoms with van der Waals surface area (Å²) in [5, 5.41) is 3.76. The Morgan fingerprint density at radius 2 is 2.11 bits per heavy atom. The van der Waals surface area contributed by atoms with Gasteiger partial charge in [0.15, 0.2) is 5.65 Å². The lowest BCUT2D eigenvalue weighted by atomic mass is 10.2. The monoisotopic (exact) mass is 398 g/mol. The zero-order valence-electron chi connectivity index (χ0n) is 15.2. The second kappa shape index (κ2) is 7.59. The van der Waals surface area contributed by atoms with Gasteiger partial charge in [0, 0.05) is 37.3 Å². The van der Waals surface area contributed by atoms with Crippen LogP contribution in [0, 0.1) is 0 Å². The number of pyridine rings is 1. The highest BCUT2D eigenvalue weighted by Gasteiger charge is 2.19. The van der Waals surface area contributed by atoms with Crippen LogP contribution in [0.1, 0.15) is 29.6 Å². The van der Waals surface area contributed by atoms with Gasteiger partial charge in [-0.25, -0.2) is 4.98 Å². The molecule has 1 fully saturated rings. The standard InChI is InChI=1S/C20H19ClN4O3/c21-13-6-7-14-16(12-13)23-18-15(4-1-11-25(18)20(14)28)19(27)22-8-3-10-24-9-2-5-17(24)26/h1,4,6-7,11-12H,2-3,5,8-10H2,(H,22,27). The summed E-state index contributed by atoms with van der Waals surface area (Å²) in [5.74, 6) is -0.131. The molecule has 1 aliphatic heterocycles. The number of carbonyl (C=O) groups is 2. The van der Waals surface area contributed by atoms with Crippen LogP contribution in [0.5, 0.6) is 0 Å². The molecule has 1 saturated heterocycles. The fourth-order valence-electron chi connectivity index (χ4n) is 3.48. The van der Waals surface area contributed by atoms with Gasteiger partial charge in [-0.05, 0) is 43.2 Å². The fourth-order valence-corrected chi connectivity index (χ4v) is 3.65. The Hall–Kier alpha value is -2.93. The van der Waals surface area contributed by atoms with Crippen LogP contribution in [-0.2, 0) is 4.79 Å². The van der Waals surface area contributed by atoms with E-state index in [9.17, 15) is 14.4 Å². The van der Waals surface area contributed by atoms with Gasteiger partial charge in [-0.3, -0.25) is 18.8 Å². The molecule has 0 radical (unpaired) electrons. The summed E-state index contributed by atoms with van der Waals surface area (Å²) in [4.78, 5) is 43.3. The molecule has 0 bridgehead atoms. The van der Waals surface area contributed by atoms with E-state index in [1.54, 1.807) is 36.5 Å². The second-order valence-electron chi connectivity index (χ2n) is 6.79. The highest BCUT2D eigenvalue weighted by Crippen LogP contribution is 2.17. The number of aromatic nitrogens is 2. The smallest absolute Gasteiger partial charge is 0.265 e. The van der Waals surface area contributed by atoms with Gasteiger partial charge in [0.1, 0.15) is 0 Å². The van der Waals surface area contributed by atoms with Crippen molar-refractivity contribution in [2.45, 2.75) is 19.3 Å². The average molecular weight is 399 g/mol. The van der Waals surface area contributed by atoms with Crippen LogP contribution in [0.15, 0.2) is 41.3 Å². The Labute approximate surface area is 165 Å². The maximum Gasteiger partial charge on any atom is 0.265 e. The second-order valence-corrected chi connectivity index (χ2v) is 7.22. The lowest BCUT2D eigenvalue weighted by Gasteiger charge is -2.15. The van der Waals surface area contributed by atoms with Crippen molar-refractivity contribution in [3.8, 4) is 0 Å². The molecule has 3 heterocycles. The largest absolute Gasteiger partial charge is 0.352 e. The first-order valence-corrected chi connectivity index (χ1v) is 9.59. The Morgan fingerprint density at radius 1 is 1.25 bits per heavy atom. The highest BCUT2D eigenvalue weighted by molar-refractivity contribution is 6.31. The molecular formula is C20H19ClN4O3. The zero-order valence-corrected chi connectivity index (χ0v) is 15.9. The van der Waals surface area contributed by atoms with Gasteiger partial charge in [-0.15, -0.1) is 0 Å². The van der Waals surface area contributed by atoms with Crippen molar-refractivity contribution >= 4 is 40.0 Å². The van der Waals surface area contributed by atoms with Gasteiger partial charge in [0.05, 0.1) is 16.5 Å². The van der Waals surface area contributed by atoms with Gasteiger partial charge < -0.3 is 10.2 Å². The predicted octanol–water partition coefficient (Wildman–Crippen LogP) is 2.24. The van der Waals surface area contributed by atoms with Gasteiger partial charge in [-0.1, -0.05) is 11.6 Å².